The first-order valence-electron chi connectivity index (χ1n) is 11.0. The first kappa shape index (κ1) is 21.4. The molecule has 1 amide bonds. The van der Waals surface area contributed by atoms with Gasteiger partial charge in [0.05, 0.1) is 17.2 Å². The monoisotopic (exact) mass is 473 g/mol. The van der Waals surface area contributed by atoms with Gasteiger partial charge < -0.3 is 10.1 Å². The summed E-state index contributed by atoms with van der Waals surface area (Å²) in [7, 11) is 0. The van der Waals surface area contributed by atoms with Gasteiger partial charge in [0.15, 0.2) is 0 Å². The van der Waals surface area contributed by atoms with Crippen LogP contribution in [0.15, 0.2) is 33.9 Å². The lowest BCUT2D eigenvalue weighted by Crippen LogP contribution is -2.42. The van der Waals surface area contributed by atoms with Crippen LogP contribution >= 0.6 is 22.9 Å². The highest BCUT2D eigenvalue weighted by Crippen LogP contribution is 2.34. The van der Waals surface area contributed by atoms with E-state index in [1.165, 1.54) is 15.9 Å². The number of hydrogen-bond acceptors (Lipinski definition) is 5. The van der Waals surface area contributed by atoms with Crippen LogP contribution in [0.25, 0.3) is 15.9 Å². The van der Waals surface area contributed by atoms with E-state index in [0.29, 0.717) is 34.1 Å². The third-order valence-corrected chi connectivity index (χ3v) is 7.74. The Morgan fingerprint density at radius 3 is 2.69 bits per heavy atom. The molecule has 1 saturated heterocycles. The Morgan fingerprint density at radius 2 is 1.94 bits per heavy atom. The smallest absolute Gasteiger partial charge is 0.337 e. The minimum absolute atomic E-state index is 0.0211. The summed E-state index contributed by atoms with van der Waals surface area (Å²) in [5, 5.41) is 3.96. The molecule has 3 aromatic rings. The van der Waals surface area contributed by atoms with Gasteiger partial charge >= 0.3 is 5.69 Å². The molecule has 2 aliphatic rings. The summed E-state index contributed by atoms with van der Waals surface area (Å²) in [6.07, 6.45) is 5.73. The lowest BCUT2D eigenvalue weighted by Gasteiger charge is -2.14. The number of carbonyl (C=O) groups excluding carboxylic acids is 1. The van der Waals surface area contributed by atoms with Crippen molar-refractivity contribution in [1.29, 1.82) is 0 Å². The van der Waals surface area contributed by atoms with Crippen molar-refractivity contribution < 1.29 is 9.53 Å². The fraction of sp³-hybridized carbons (Fsp3) is 0.435. The molecular formula is C23H24ClN3O4S. The molecule has 2 aromatic heterocycles. The van der Waals surface area contributed by atoms with Crippen LogP contribution in [0.2, 0.25) is 5.02 Å². The number of rotatable bonds is 5. The maximum atomic E-state index is 13.5. The highest BCUT2D eigenvalue weighted by Gasteiger charge is 2.25. The fourth-order valence-electron chi connectivity index (χ4n) is 4.56. The zero-order valence-corrected chi connectivity index (χ0v) is 19.1. The van der Waals surface area contributed by atoms with Crippen molar-refractivity contribution >= 4 is 39.1 Å². The second kappa shape index (κ2) is 8.84. The van der Waals surface area contributed by atoms with Gasteiger partial charge in [0, 0.05) is 23.1 Å². The molecule has 1 unspecified atom stereocenters. The quantitative estimate of drug-likeness (QED) is 0.617. The molecule has 168 valence electrons. The number of nitrogens with one attached hydrogen (secondary N) is 1. The van der Waals surface area contributed by atoms with E-state index < -0.39 is 5.69 Å². The molecule has 1 aliphatic heterocycles. The molecule has 9 heteroatoms. The number of nitrogens with zero attached hydrogens (tertiary/aromatic N) is 2. The van der Waals surface area contributed by atoms with E-state index in [-0.39, 0.29) is 24.1 Å². The lowest BCUT2D eigenvalue weighted by molar-refractivity contribution is -0.122. The van der Waals surface area contributed by atoms with Crippen LogP contribution in [-0.2, 0) is 28.9 Å². The fourth-order valence-corrected chi connectivity index (χ4v) is 6.06. The molecule has 1 atom stereocenters. The number of ether oxygens (including phenoxy) is 1. The van der Waals surface area contributed by atoms with Gasteiger partial charge in [0.2, 0.25) is 5.91 Å². The third kappa shape index (κ3) is 3.91. The normalized spacial score (nSPS) is 18.1. The van der Waals surface area contributed by atoms with Gasteiger partial charge in [-0.15, -0.1) is 11.3 Å². The number of hydrogen-bond donors (Lipinski definition) is 1. The largest absolute Gasteiger partial charge is 0.376 e. The zero-order valence-electron chi connectivity index (χ0n) is 17.6. The highest BCUT2D eigenvalue weighted by atomic mass is 35.5. The Morgan fingerprint density at radius 1 is 1.16 bits per heavy atom. The van der Waals surface area contributed by atoms with Crippen molar-refractivity contribution in [2.75, 3.05) is 13.2 Å². The Kier molecular flexibility index (Phi) is 5.92. The van der Waals surface area contributed by atoms with Gasteiger partial charge in [-0.2, -0.15) is 0 Å². The number of aryl methyl sites for hydroxylation is 2. The van der Waals surface area contributed by atoms with Gasteiger partial charge in [-0.3, -0.25) is 14.2 Å². The molecule has 0 radical (unpaired) electrons. The van der Waals surface area contributed by atoms with Crippen molar-refractivity contribution in [3.8, 4) is 5.69 Å². The average Bonchev–Trinajstić information content (AvgIpc) is 3.44. The number of benzene rings is 1. The minimum atomic E-state index is -0.518. The number of carbonyl (C=O) groups is 1. The minimum Gasteiger partial charge on any atom is -0.376 e. The summed E-state index contributed by atoms with van der Waals surface area (Å²) < 4.78 is 8.17. The van der Waals surface area contributed by atoms with Crippen LogP contribution in [0.1, 0.15) is 36.1 Å². The Balaban J connectivity index is 1.61. The summed E-state index contributed by atoms with van der Waals surface area (Å²) in [5.74, 6) is -0.267. The van der Waals surface area contributed by atoms with Gasteiger partial charge in [-0.1, -0.05) is 11.6 Å². The van der Waals surface area contributed by atoms with Crippen molar-refractivity contribution in [3.63, 3.8) is 0 Å². The summed E-state index contributed by atoms with van der Waals surface area (Å²) in [5.41, 5.74) is 0.617. The third-order valence-electron chi connectivity index (χ3n) is 6.17. The van der Waals surface area contributed by atoms with Gasteiger partial charge in [0.25, 0.3) is 5.56 Å². The second-order valence-electron chi connectivity index (χ2n) is 8.32. The average molecular weight is 474 g/mol. The number of amides is 1. The predicted octanol–water partition coefficient (Wildman–Crippen LogP) is 3.04. The van der Waals surface area contributed by atoms with E-state index in [1.807, 2.05) is 0 Å². The molecule has 1 fully saturated rings. The molecule has 7 nitrogen and oxygen atoms in total. The molecule has 5 rings (SSSR count). The zero-order chi connectivity index (χ0) is 22.2. The Labute approximate surface area is 193 Å². The maximum Gasteiger partial charge on any atom is 0.337 e. The van der Waals surface area contributed by atoms with Gasteiger partial charge in [-0.25, -0.2) is 9.36 Å². The lowest BCUT2D eigenvalue weighted by atomic mass is 9.97. The van der Waals surface area contributed by atoms with Crippen LogP contribution in [0, 0.1) is 0 Å². The molecular weight excluding hydrogens is 450 g/mol. The first-order chi connectivity index (χ1) is 15.5. The summed E-state index contributed by atoms with van der Waals surface area (Å²) >= 11 is 7.48. The molecule has 1 aliphatic carbocycles. The SMILES string of the molecule is O=C(Cn1c(=O)n(-c2ccc(Cl)cc2)c(=O)c2c3c(sc21)CCCC3)NCC1CCCO1. The van der Waals surface area contributed by atoms with Crippen molar-refractivity contribution in [1.82, 2.24) is 14.5 Å². The number of fused-ring (bicyclic) bond motifs is 3. The number of aromatic nitrogens is 2. The van der Waals surface area contributed by atoms with E-state index in [9.17, 15) is 14.4 Å². The Hall–Kier alpha value is -2.42. The van der Waals surface area contributed by atoms with Crippen LogP contribution < -0.4 is 16.6 Å². The molecule has 1 aromatic carbocycles. The number of halogens is 1. The van der Waals surface area contributed by atoms with Crippen LogP contribution in [0.5, 0.6) is 0 Å². The van der Waals surface area contributed by atoms with E-state index in [0.717, 1.165) is 53.5 Å². The van der Waals surface area contributed by atoms with E-state index in [4.69, 9.17) is 16.3 Å². The van der Waals surface area contributed by atoms with Crippen LogP contribution in [0.4, 0.5) is 0 Å². The van der Waals surface area contributed by atoms with Crippen LogP contribution in [0.3, 0.4) is 0 Å². The van der Waals surface area contributed by atoms with Crippen molar-refractivity contribution in [3.05, 3.63) is 60.6 Å². The molecule has 1 N–H and O–H groups in total. The molecule has 3 heterocycles. The van der Waals surface area contributed by atoms with Gasteiger partial charge in [-0.05, 0) is 68.4 Å². The second-order valence-corrected chi connectivity index (χ2v) is 9.84. The standard InChI is InChI=1S/C23H24ClN3O4S/c24-14-7-9-15(10-8-14)27-21(29)20-17-5-1-2-6-18(17)32-22(20)26(23(27)30)13-19(28)25-12-16-4-3-11-31-16/h7-10,16H,1-6,11-13H2,(H,25,28). The number of thiophene rings is 1. The predicted molar refractivity (Wildman–Crippen MR) is 125 cm³/mol. The first-order valence-corrected chi connectivity index (χ1v) is 12.2. The molecule has 0 bridgehead atoms. The van der Waals surface area contributed by atoms with Crippen molar-refractivity contribution in [2.24, 2.45) is 0 Å². The van der Waals surface area contributed by atoms with Crippen LogP contribution in [-0.4, -0.2) is 34.3 Å². The summed E-state index contributed by atoms with van der Waals surface area (Å²) in [6.45, 7) is 0.997. The summed E-state index contributed by atoms with van der Waals surface area (Å²) in [6, 6.07) is 6.60. The molecule has 0 saturated carbocycles. The maximum absolute atomic E-state index is 13.5. The van der Waals surface area contributed by atoms with Crippen molar-refractivity contribution in [2.45, 2.75) is 51.2 Å². The molecule has 0 spiro atoms. The van der Waals surface area contributed by atoms with E-state index in [1.54, 1.807) is 24.3 Å². The topological polar surface area (TPSA) is 82.3 Å². The van der Waals surface area contributed by atoms with E-state index in [2.05, 4.69) is 5.32 Å². The molecule has 32 heavy (non-hydrogen) atoms. The summed E-state index contributed by atoms with van der Waals surface area (Å²) in [4.78, 5) is 41.5. The Bertz CT molecular complexity index is 1290. The van der Waals surface area contributed by atoms with Gasteiger partial charge in [0.1, 0.15) is 11.4 Å². The van der Waals surface area contributed by atoms with E-state index >= 15 is 0 Å². The highest BCUT2D eigenvalue weighted by molar-refractivity contribution is 7.18.